The van der Waals surface area contributed by atoms with Gasteiger partial charge in [0.05, 0.1) is 6.42 Å². The molecule has 1 spiro atoms. The Kier molecular flexibility index (Phi) is 7.61. The zero-order valence-electron chi connectivity index (χ0n) is 20.9. The summed E-state index contributed by atoms with van der Waals surface area (Å²) in [7, 11) is 0. The van der Waals surface area contributed by atoms with E-state index in [9.17, 15) is 24.3 Å². The molecule has 0 unspecified atom stereocenters. The van der Waals surface area contributed by atoms with E-state index in [1.807, 2.05) is 13.8 Å². The Morgan fingerprint density at radius 2 is 1.83 bits per heavy atom. The number of nitrogens with two attached hydrogens (primary N) is 1. The van der Waals surface area contributed by atoms with E-state index in [2.05, 4.69) is 12.2 Å². The maximum Gasteiger partial charge on any atom is 0.326 e. The first-order chi connectivity index (χ1) is 16.9. The monoisotopic (exact) mass is 512 g/mol. The number of carbonyl (C=O) groups excluding carboxylic acids is 3. The first kappa shape index (κ1) is 26.8. The number of amides is 2. The minimum atomic E-state index is -1.29. The molecule has 2 bridgehead atoms. The molecule has 202 valence electrons. The third kappa shape index (κ3) is 5.09. The highest BCUT2D eigenvalue weighted by Crippen LogP contribution is 2.60. The predicted molar refractivity (Wildman–Crippen MR) is 120 cm³/mol. The normalized spacial score (nSPS) is 39.9. The molecule has 4 saturated heterocycles. The van der Waals surface area contributed by atoms with Gasteiger partial charge in [-0.2, -0.15) is 0 Å². The van der Waals surface area contributed by atoms with E-state index in [0.29, 0.717) is 12.3 Å². The number of primary amides is 1. The van der Waals surface area contributed by atoms with Crippen LogP contribution in [-0.4, -0.2) is 58.9 Å². The van der Waals surface area contributed by atoms with E-state index in [-0.39, 0.29) is 43.4 Å². The third-order valence-corrected chi connectivity index (χ3v) is 8.21. The highest BCUT2D eigenvalue weighted by molar-refractivity contribution is 5.86. The Balaban J connectivity index is 1.36. The molecule has 5 fully saturated rings. The Bertz CT molecular complexity index is 898. The number of carbonyl (C=O) groups is 4. The molecule has 12 heteroatoms. The molecule has 12 nitrogen and oxygen atoms in total. The quantitative estimate of drug-likeness (QED) is 0.302. The summed E-state index contributed by atoms with van der Waals surface area (Å²) in [6.07, 6.45) is 0.910. The van der Waals surface area contributed by atoms with E-state index in [4.69, 9.17) is 29.7 Å². The van der Waals surface area contributed by atoms with Crippen molar-refractivity contribution in [1.29, 1.82) is 0 Å². The number of nitrogens with one attached hydrogen (secondary N) is 1. The van der Waals surface area contributed by atoms with Crippen LogP contribution in [0.2, 0.25) is 0 Å². The molecule has 9 atom stereocenters. The summed E-state index contributed by atoms with van der Waals surface area (Å²) < 4.78 is 18.1. The van der Waals surface area contributed by atoms with Crippen LogP contribution in [0, 0.1) is 23.7 Å². The fraction of sp³-hybridized carbons (Fsp3) is 0.833. The second kappa shape index (κ2) is 10.2. The van der Waals surface area contributed by atoms with Crippen LogP contribution in [-0.2, 0) is 43.2 Å². The van der Waals surface area contributed by atoms with Crippen molar-refractivity contribution in [3.05, 3.63) is 0 Å². The largest absolute Gasteiger partial charge is 0.480 e. The van der Waals surface area contributed by atoms with E-state index in [1.165, 1.54) is 0 Å². The van der Waals surface area contributed by atoms with Gasteiger partial charge in [0.2, 0.25) is 23.9 Å². The van der Waals surface area contributed by atoms with Gasteiger partial charge in [-0.3, -0.25) is 14.4 Å². The van der Waals surface area contributed by atoms with Crippen LogP contribution in [0.3, 0.4) is 0 Å². The molecular formula is C24H36N2O10. The van der Waals surface area contributed by atoms with Gasteiger partial charge in [-0.1, -0.05) is 13.8 Å². The van der Waals surface area contributed by atoms with Gasteiger partial charge >= 0.3 is 11.9 Å². The SMILES string of the molecule is C[C@H]1[C@H](OC(=O)CCC(=O)N[C@@H](CCC(N)=O)C(=O)O)O[C@@H]2O[C@@]3(C)CC[C@H]4[C@H](C)CC[C@@H]1[C@@]24OO3. The standard InChI is InChI=1S/C24H36N2O10/c1-12-4-5-15-13(2)21(33-22-24(15)14(12)10-11-23(3,34-22)35-36-24)32-19(29)9-8-18(28)26-16(20(30)31)6-7-17(25)27/h12-16,21-22H,4-11H2,1-3H3,(H2,25,27)(H,26,28)(H,30,31)/t12-,13-,14+,15+,16+,21-,22-,23-,24-/m1/s1. The lowest BCUT2D eigenvalue weighted by molar-refractivity contribution is -0.576. The van der Waals surface area contributed by atoms with Crippen molar-refractivity contribution in [3.8, 4) is 0 Å². The molecule has 5 rings (SSSR count). The summed E-state index contributed by atoms with van der Waals surface area (Å²) in [5, 5.41) is 11.5. The fourth-order valence-corrected chi connectivity index (χ4v) is 6.22. The first-order valence-electron chi connectivity index (χ1n) is 12.7. The Labute approximate surface area is 209 Å². The van der Waals surface area contributed by atoms with Gasteiger partial charge in [-0.15, -0.1) is 0 Å². The Hall–Kier alpha value is -2.28. The van der Waals surface area contributed by atoms with Crippen molar-refractivity contribution in [2.75, 3.05) is 0 Å². The molecule has 36 heavy (non-hydrogen) atoms. The van der Waals surface area contributed by atoms with Crippen LogP contribution < -0.4 is 11.1 Å². The minimum Gasteiger partial charge on any atom is -0.480 e. The minimum absolute atomic E-state index is 0.0113. The van der Waals surface area contributed by atoms with Crippen LogP contribution >= 0.6 is 0 Å². The summed E-state index contributed by atoms with van der Waals surface area (Å²) in [5.41, 5.74) is 4.27. The number of carboxylic acid groups (broad SMARTS) is 1. The number of hydrogen-bond donors (Lipinski definition) is 3. The maximum absolute atomic E-state index is 12.6. The van der Waals surface area contributed by atoms with E-state index in [1.54, 1.807) is 0 Å². The number of ether oxygens (including phenoxy) is 3. The van der Waals surface area contributed by atoms with Crippen molar-refractivity contribution >= 4 is 23.8 Å². The van der Waals surface area contributed by atoms with Crippen molar-refractivity contribution in [3.63, 3.8) is 0 Å². The number of esters is 1. The second-order valence-corrected chi connectivity index (χ2v) is 10.7. The molecule has 0 aromatic heterocycles. The molecular weight excluding hydrogens is 476 g/mol. The third-order valence-electron chi connectivity index (χ3n) is 8.21. The number of rotatable bonds is 9. The van der Waals surface area contributed by atoms with Gasteiger partial charge in [0.25, 0.3) is 0 Å². The first-order valence-corrected chi connectivity index (χ1v) is 12.7. The summed E-state index contributed by atoms with van der Waals surface area (Å²) in [6.45, 7) is 5.97. The Morgan fingerprint density at radius 3 is 2.53 bits per heavy atom. The molecule has 0 radical (unpaired) electrons. The summed E-state index contributed by atoms with van der Waals surface area (Å²) in [4.78, 5) is 58.9. The molecule has 2 amide bonds. The fourth-order valence-electron chi connectivity index (χ4n) is 6.22. The molecule has 0 aromatic rings. The smallest absolute Gasteiger partial charge is 0.326 e. The number of fused-ring (bicyclic) bond motifs is 2. The average molecular weight is 513 g/mol. The predicted octanol–water partition coefficient (Wildman–Crippen LogP) is 1.35. The second-order valence-electron chi connectivity index (χ2n) is 10.7. The van der Waals surface area contributed by atoms with Gasteiger partial charge < -0.3 is 30.4 Å². The molecule has 5 aliphatic rings. The van der Waals surface area contributed by atoms with Gasteiger partial charge in [0, 0.05) is 31.1 Å². The molecule has 1 saturated carbocycles. The molecule has 0 aromatic carbocycles. The highest BCUT2D eigenvalue weighted by Gasteiger charge is 2.69. The van der Waals surface area contributed by atoms with Gasteiger partial charge in [0.15, 0.2) is 11.9 Å². The number of carboxylic acids is 1. The van der Waals surface area contributed by atoms with Crippen molar-refractivity contribution < 1.29 is 48.3 Å². The van der Waals surface area contributed by atoms with Crippen LogP contribution in [0.4, 0.5) is 0 Å². The summed E-state index contributed by atoms with van der Waals surface area (Å²) in [6, 6.07) is -1.27. The van der Waals surface area contributed by atoms with E-state index < -0.39 is 53.8 Å². The maximum atomic E-state index is 12.6. The topological polar surface area (TPSA) is 173 Å². The van der Waals surface area contributed by atoms with Gasteiger partial charge in [-0.05, 0) is 44.4 Å². The number of hydrogen-bond acceptors (Lipinski definition) is 9. The zero-order chi connectivity index (χ0) is 26.3. The van der Waals surface area contributed by atoms with Crippen LogP contribution in [0.25, 0.3) is 0 Å². The van der Waals surface area contributed by atoms with Gasteiger partial charge in [0.1, 0.15) is 6.04 Å². The van der Waals surface area contributed by atoms with Crippen LogP contribution in [0.15, 0.2) is 0 Å². The lowest BCUT2D eigenvalue weighted by Gasteiger charge is -2.59. The van der Waals surface area contributed by atoms with Crippen molar-refractivity contribution in [2.24, 2.45) is 29.4 Å². The molecule has 4 N–H and O–H groups in total. The van der Waals surface area contributed by atoms with Gasteiger partial charge in [-0.25, -0.2) is 14.6 Å². The molecule has 1 aliphatic carbocycles. The van der Waals surface area contributed by atoms with Crippen LogP contribution in [0.5, 0.6) is 0 Å². The van der Waals surface area contributed by atoms with E-state index in [0.717, 1.165) is 19.3 Å². The molecule has 4 heterocycles. The summed E-state index contributed by atoms with van der Waals surface area (Å²) in [5.74, 6) is -3.82. The molecule has 4 aliphatic heterocycles. The lowest BCUT2D eigenvalue weighted by Crippen LogP contribution is -2.70. The van der Waals surface area contributed by atoms with E-state index >= 15 is 0 Å². The Morgan fingerprint density at radius 1 is 1.08 bits per heavy atom. The highest BCUT2D eigenvalue weighted by atomic mass is 17.3. The number of aliphatic carboxylic acids is 1. The lowest BCUT2D eigenvalue weighted by atomic mass is 9.58. The van der Waals surface area contributed by atoms with Crippen molar-refractivity contribution in [1.82, 2.24) is 5.32 Å². The average Bonchev–Trinajstić information content (AvgIpc) is 3.04. The summed E-state index contributed by atoms with van der Waals surface area (Å²) >= 11 is 0. The zero-order valence-corrected chi connectivity index (χ0v) is 20.9. The van der Waals surface area contributed by atoms with Crippen LogP contribution in [0.1, 0.15) is 72.1 Å². The van der Waals surface area contributed by atoms with Crippen molar-refractivity contribution in [2.45, 2.75) is 102 Å².